The maximum absolute atomic E-state index is 13.4. The molecule has 2 aromatic rings. The summed E-state index contributed by atoms with van der Waals surface area (Å²) in [7, 11) is 0. The zero-order valence-corrected chi connectivity index (χ0v) is 10.4. The number of carbonyl (C=O) groups excluding carboxylic acids is 1. The van der Waals surface area contributed by atoms with Crippen LogP contribution in [-0.2, 0) is 0 Å². The first-order valence-electron chi connectivity index (χ1n) is 5.92. The fourth-order valence-electron chi connectivity index (χ4n) is 1.69. The van der Waals surface area contributed by atoms with Gasteiger partial charge < -0.3 is 10.4 Å². The van der Waals surface area contributed by atoms with Crippen LogP contribution in [0, 0.1) is 5.82 Å². The van der Waals surface area contributed by atoms with Crippen molar-refractivity contribution in [2.24, 2.45) is 0 Å². The van der Waals surface area contributed by atoms with E-state index in [0.29, 0.717) is 5.69 Å². The van der Waals surface area contributed by atoms with Gasteiger partial charge in [0, 0.05) is 5.69 Å². The Morgan fingerprint density at radius 1 is 1.16 bits per heavy atom. The van der Waals surface area contributed by atoms with Crippen LogP contribution in [0.1, 0.15) is 28.9 Å². The summed E-state index contributed by atoms with van der Waals surface area (Å²) in [6, 6.07) is 12.6. The lowest BCUT2D eigenvalue weighted by Crippen LogP contribution is -2.13. The van der Waals surface area contributed by atoms with E-state index >= 15 is 0 Å². The summed E-state index contributed by atoms with van der Waals surface area (Å²) in [5.41, 5.74) is 1.31. The fraction of sp³-hybridized carbons (Fsp3) is 0.133. The van der Waals surface area contributed by atoms with Gasteiger partial charge >= 0.3 is 0 Å². The fourth-order valence-corrected chi connectivity index (χ4v) is 1.69. The molecule has 0 saturated heterocycles. The van der Waals surface area contributed by atoms with Crippen molar-refractivity contribution in [3.05, 3.63) is 65.5 Å². The van der Waals surface area contributed by atoms with Gasteiger partial charge in [-0.05, 0) is 36.8 Å². The molecule has 0 bridgehead atoms. The van der Waals surface area contributed by atoms with Crippen molar-refractivity contribution in [1.82, 2.24) is 0 Å². The Morgan fingerprint density at radius 2 is 1.79 bits per heavy atom. The minimum absolute atomic E-state index is 0.00195. The largest absolute Gasteiger partial charge is 0.389 e. The van der Waals surface area contributed by atoms with Gasteiger partial charge in [-0.3, -0.25) is 4.79 Å². The molecule has 0 radical (unpaired) electrons. The van der Waals surface area contributed by atoms with Gasteiger partial charge in [0.2, 0.25) is 0 Å². The summed E-state index contributed by atoms with van der Waals surface area (Å²) in [6.45, 7) is 1.66. The topological polar surface area (TPSA) is 49.3 Å². The number of benzene rings is 2. The molecule has 19 heavy (non-hydrogen) atoms. The molecule has 0 aliphatic heterocycles. The average Bonchev–Trinajstić information content (AvgIpc) is 2.39. The van der Waals surface area contributed by atoms with Crippen LogP contribution < -0.4 is 5.32 Å². The summed E-state index contributed by atoms with van der Waals surface area (Å²) < 4.78 is 13.4. The van der Waals surface area contributed by atoms with E-state index < -0.39 is 17.8 Å². The zero-order chi connectivity index (χ0) is 13.8. The van der Waals surface area contributed by atoms with Crippen molar-refractivity contribution in [2.45, 2.75) is 13.0 Å². The third-order valence-corrected chi connectivity index (χ3v) is 2.77. The van der Waals surface area contributed by atoms with Crippen molar-refractivity contribution in [3.63, 3.8) is 0 Å². The quantitative estimate of drug-likeness (QED) is 0.889. The second kappa shape index (κ2) is 5.63. The second-order valence-corrected chi connectivity index (χ2v) is 4.23. The third kappa shape index (κ3) is 3.17. The number of hydrogen-bond acceptors (Lipinski definition) is 2. The Bertz CT molecular complexity index is 579. The van der Waals surface area contributed by atoms with E-state index in [1.165, 1.54) is 18.2 Å². The maximum Gasteiger partial charge on any atom is 0.258 e. The molecule has 0 spiro atoms. The van der Waals surface area contributed by atoms with Crippen molar-refractivity contribution in [3.8, 4) is 0 Å². The minimum atomic E-state index is -0.559. The molecule has 0 saturated carbocycles. The molecule has 2 rings (SSSR count). The van der Waals surface area contributed by atoms with Crippen LogP contribution in [0.25, 0.3) is 0 Å². The summed E-state index contributed by atoms with van der Waals surface area (Å²) in [5.74, 6) is -1.05. The molecule has 0 aliphatic carbocycles. The lowest BCUT2D eigenvalue weighted by atomic mass is 10.1. The van der Waals surface area contributed by atoms with Crippen molar-refractivity contribution in [2.75, 3.05) is 5.32 Å². The molecule has 0 aliphatic rings. The van der Waals surface area contributed by atoms with Gasteiger partial charge in [0.25, 0.3) is 5.91 Å². The van der Waals surface area contributed by atoms with Crippen LogP contribution >= 0.6 is 0 Å². The van der Waals surface area contributed by atoms with Gasteiger partial charge in [0.15, 0.2) is 0 Å². The molecular weight excluding hydrogens is 245 g/mol. The van der Waals surface area contributed by atoms with Crippen LogP contribution in [0.4, 0.5) is 10.1 Å². The Labute approximate surface area is 110 Å². The molecule has 0 aromatic heterocycles. The van der Waals surface area contributed by atoms with E-state index in [0.717, 1.165) is 5.56 Å². The predicted octanol–water partition coefficient (Wildman–Crippen LogP) is 3.13. The maximum atomic E-state index is 13.4. The molecule has 98 valence electrons. The highest BCUT2D eigenvalue weighted by Crippen LogP contribution is 2.16. The lowest BCUT2D eigenvalue weighted by Gasteiger charge is -2.08. The standard InChI is InChI=1S/C15H14FNO2/c1-10(18)11-6-8-12(9-7-11)17-15(19)13-4-2-3-5-14(13)16/h2-10,18H,1H3,(H,17,19). The first-order chi connectivity index (χ1) is 9.08. The normalized spacial score (nSPS) is 11.9. The van der Waals surface area contributed by atoms with Crippen LogP contribution in [-0.4, -0.2) is 11.0 Å². The summed E-state index contributed by atoms with van der Waals surface area (Å²) in [5, 5.41) is 12.0. The Kier molecular flexibility index (Phi) is 3.92. The monoisotopic (exact) mass is 259 g/mol. The van der Waals surface area contributed by atoms with Crippen molar-refractivity contribution in [1.29, 1.82) is 0 Å². The van der Waals surface area contributed by atoms with E-state index in [2.05, 4.69) is 5.32 Å². The number of aliphatic hydroxyl groups is 1. The highest BCUT2D eigenvalue weighted by molar-refractivity contribution is 6.04. The second-order valence-electron chi connectivity index (χ2n) is 4.23. The highest BCUT2D eigenvalue weighted by atomic mass is 19.1. The number of aliphatic hydroxyl groups excluding tert-OH is 1. The number of rotatable bonds is 3. The Hall–Kier alpha value is -2.20. The van der Waals surface area contributed by atoms with Crippen molar-refractivity contribution >= 4 is 11.6 Å². The SMILES string of the molecule is CC(O)c1ccc(NC(=O)c2ccccc2F)cc1. The lowest BCUT2D eigenvalue weighted by molar-refractivity contribution is 0.102. The number of halogens is 1. The number of nitrogens with one attached hydrogen (secondary N) is 1. The van der Waals surface area contributed by atoms with E-state index in [1.54, 1.807) is 37.3 Å². The summed E-state index contributed by atoms with van der Waals surface area (Å²) in [6.07, 6.45) is -0.559. The molecule has 1 atom stereocenters. The molecule has 0 fully saturated rings. The van der Waals surface area contributed by atoms with Crippen LogP contribution in [0.2, 0.25) is 0 Å². The molecular formula is C15H14FNO2. The summed E-state index contributed by atoms with van der Waals surface area (Å²) >= 11 is 0. The average molecular weight is 259 g/mol. The molecule has 0 heterocycles. The molecule has 1 unspecified atom stereocenters. The molecule has 4 heteroatoms. The van der Waals surface area contributed by atoms with Crippen LogP contribution in [0.3, 0.4) is 0 Å². The number of anilines is 1. The molecule has 1 amide bonds. The zero-order valence-electron chi connectivity index (χ0n) is 10.4. The number of carbonyl (C=O) groups is 1. The highest BCUT2D eigenvalue weighted by Gasteiger charge is 2.10. The van der Waals surface area contributed by atoms with Gasteiger partial charge in [0.1, 0.15) is 5.82 Å². The predicted molar refractivity (Wildman–Crippen MR) is 71.4 cm³/mol. The van der Waals surface area contributed by atoms with Crippen molar-refractivity contribution < 1.29 is 14.3 Å². The van der Waals surface area contributed by atoms with Gasteiger partial charge in [0.05, 0.1) is 11.7 Å². The summed E-state index contributed by atoms with van der Waals surface area (Å²) in [4.78, 5) is 11.9. The van der Waals surface area contributed by atoms with Gasteiger partial charge in [-0.15, -0.1) is 0 Å². The van der Waals surface area contributed by atoms with E-state index in [1.807, 2.05) is 0 Å². The van der Waals surface area contributed by atoms with Gasteiger partial charge in [-0.25, -0.2) is 4.39 Å². The van der Waals surface area contributed by atoms with Gasteiger partial charge in [-0.1, -0.05) is 24.3 Å². The minimum Gasteiger partial charge on any atom is -0.389 e. The first kappa shape index (κ1) is 13.2. The molecule has 2 aromatic carbocycles. The smallest absolute Gasteiger partial charge is 0.258 e. The van der Waals surface area contributed by atoms with Crippen LogP contribution in [0.5, 0.6) is 0 Å². The number of hydrogen-bond donors (Lipinski definition) is 2. The first-order valence-corrected chi connectivity index (χ1v) is 5.92. The number of amides is 1. The van der Waals surface area contributed by atoms with E-state index in [-0.39, 0.29) is 5.56 Å². The van der Waals surface area contributed by atoms with Crippen LogP contribution in [0.15, 0.2) is 48.5 Å². The third-order valence-electron chi connectivity index (χ3n) is 2.77. The van der Waals surface area contributed by atoms with E-state index in [4.69, 9.17) is 0 Å². The molecule has 2 N–H and O–H groups in total. The molecule has 3 nitrogen and oxygen atoms in total. The Morgan fingerprint density at radius 3 is 2.37 bits per heavy atom. The van der Waals surface area contributed by atoms with E-state index in [9.17, 15) is 14.3 Å². The Balaban J connectivity index is 2.13. The van der Waals surface area contributed by atoms with Gasteiger partial charge in [-0.2, -0.15) is 0 Å².